The van der Waals surface area contributed by atoms with Gasteiger partial charge in [0.25, 0.3) is 0 Å². The number of rotatable bonds is 6. The van der Waals surface area contributed by atoms with Crippen LogP contribution in [0.5, 0.6) is 0 Å². The Kier molecular flexibility index (Phi) is 5.87. The summed E-state index contributed by atoms with van der Waals surface area (Å²) < 4.78 is 5.14. The summed E-state index contributed by atoms with van der Waals surface area (Å²) in [6.07, 6.45) is 3.94. The quantitative estimate of drug-likeness (QED) is 0.877. The SMILES string of the molecule is Cc1noc(C)c1CC(=O)NC[C@H]1CCCCN1Cc1ccccc1. The van der Waals surface area contributed by atoms with Crippen LogP contribution in [0.3, 0.4) is 0 Å². The summed E-state index contributed by atoms with van der Waals surface area (Å²) in [5.74, 6) is 0.774. The van der Waals surface area contributed by atoms with E-state index in [0.29, 0.717) is 19.0 Å². The van der Waals surface area contributed by atoms with Crippen molar-refractivity contribution >= 4 is 5.91 Å². The Balaban J connectivity index is 1.54. The van der Waals surface area contributed by atoms with E-state index in [-0.39, 0.29) is 5.91 Å². The number of nitrogens with one attached hydrogen (secondary N) is 1. The van der Waals surface area contributed by atoms with Crippen molar-refractivity contribution in [1.29, 1.82) is 0 Å². The average Bonchev–Trinajstić information content (AvgIpc) is 2.94. The van der Waals surface area contributed by atoms with Crippen molar-refractivity contribution in [3.63, 3.8) is 0 Å². The van der Waals surface area contributed by atoms with Gasteiger partial charge >= 0.3 is 0 Å². The van der Waals surface area contributed by atoms with Gasteiger partial charge in [-0.3, -0.25) is 9.69 Å². The Hall–Kier alpha value is -2.14. The van der Waals surface area contributed by atoms with Gasteiger partial charge in [0.2, 0.25) is 5.91 Å². The number of hydrogen-bond acceptors (Lipinski definition) is 4. The highest BCUT2D eigenvalue weighted by Gasteiger charge is 2.23. The summed E-state index contributed by atoms with van der Waals surface area (Å²) in [6, 6.07) is 11.0. The fraction of sp³-hybridized carbons (Fsp3) is 0.500. The van der Waals surface area contributed by atoms with Crippen molar-refractivity contribution in [2.45, 2.75) is 52.1 Å². The lowest BCUT2D eigenvalue weighted by atomic mass is 10.0. The van der Waals surface area contributed by atoms with Crippen LogP contribution in [-0.4, -0.2) is 35.1 Å². The van der Waals surface area contributed by atoms with E-state index in [0.717, 1.165) is 36.5 Å². The topological polar surface area (TPSA) is 58.4 Å². The highest BCUT2D eigenvalue weighted by atomic mass is 16.5. The summed E-state index contributed by atoms with van der Waals surface area (Å²) in [4.78, 5) is 14.8. The number of benzene rings is 1. The number of aryl methyl sites for hydroxylation is 2. The Bertz CT molecular complexity index is 677. The normalized spacial score (nSPS) is 18.2. The second-order valence-electron chi connectivity index (χ2n) is 6.89. The number of amides is 1. The Labute approximate surface area is 149 Å². The van der Waals surface area contributed by atoms with Gasteiger partial charge in [-0.25, -0.2) is 0 Å². The lowest BCUT2D eigenvalue weighted by molar-refractivity contribution is -0.120. The molecule has 1 aromatic carbocycles. The van der Waals surface area contributed by atoms with E-state index in [1.165, 1.54) is 18.4 Å². The lowest BCUT2D eigenvalue weighted by Crippen LogP contribution is -2.46. The molecule has 2 heterocycles. The maximum absolute atomic E-state index is 12.3. The minimum Gasteiger partial charge on any atom is -0.361 e. The van der Waals surface area contributed by atoms with E-state index in [1.54, 1.807) is 0 Å². The predicted molar refractivity (Wildman–Crippen MR) is 97.2 cm³/mol. The Morgan fingerprint density at radius 2 is 2.08 bits per heavy atom. The molecule has 0 unspecified atom stereocenters. The molecule has 1 aliphatic heterocycles. The minimum atomic E-state index is 0.0413. The molecule has 0 saturated carbocycles. The van der Waals surface area contributed by atoms with Crippen LogP contribution in [0.25, 0.3) is 0 Å². The first kappa shape index (κ1) is 17.7. The van der Waals surface area contributed by atoms with Gasteiger partial charge in [-0.1, -0.05) is 41.9 Å². The van der Waals surface area contributed by atoms with Gasteiger partial charge < -0.3 is 9.84 Å². The first-order valence-corrected chi connectivity index (χ1v) is 9.10. The molecule has 134 valence electrons. The van der Waals surface area contributed by atoms with Crippen LogP contribution < -0.4 is 5.32 Å². The van der Waals surface area contributed by atoms with Gasteiger partial charge in [-0.15, -0.1) is 0 Å². The number of nitrogens with zero attached hydrogens (tertiary/aromatic N) is 2. The zero-order valence-corrected chi connectivity index (χ0v) is 15.1. The number of carbonyl (C=O) groups is 1. The minimum absolute atomic E-state index is 0.0413. The maximum Gasteiger partial charge on any atom is 0.224 e. The predicted octanol–water partition coefficient (Wildman–Crippen LogP) is 3.00. The van der Waals surface area contributed by atoms with E-state index in [4.69, 9.17) is 4.52 Å². The molecule has 0 bridgehead atoms. The van der Waals surface area contributed by atoms with Crippen molar-refractivity contribution in [2.24, 2.45) is 0 Å². The molecule has 1 saturated heterocycles. The molecule has 1 aliphatic rings. The van der Waals surface area contributed by atoms with Gasteiger partial charge in [0.05, 0.1) is 12.1 Å². The van der Waals surface area contributed by atoms with Crippen molar-refractivity contribution < 1.29 is 9.32 Å². The Morgan fingerprint density at radius 3 is 2.80 bits per heavy atom. The lowest BCUT2D eigenvalue weighted by Gasteiger charge is -2.36. The molecule has 1 amide bonds. The van der Waals surface area contributed by atoms with Crippen LogP contribution in [0.15, 0.2) is 34.9 Å². The molecule has 0 radical (unpaired) electrons. The third kappa shape index (κ3) is 4.69. The highest BCUT2D eigenvalue weighted by molar-refractivity contribution is 5.79. The summed E-state index contributed by atoms with van der Waals surface area (Å²) in [5, 5.41) is 7.03. The number of aromatic nitrogens is 1. The molecule has 3 rings (SSSR count). The molecular formula is C20H27N3O2. The number of piperidine rings is 1. The molecule has 1 aromatic heterocycles. The first-order valence-electron chi connectivity index (χ1n) is 9.10. The fourth-order valence-electron chi connectivity index (χ4n) is 3.53. The smallest absolute Gasteiger partial charge is 0.224 e. The monoisotopic (exact) mass is 341 g/mol. The molecule has 1 N–H and O–H groups in total. The van der Waals surface area contributed by atoms with Gasteiger partial charge in [-0.2, -0.15) is 0 Å². The van der Waals surface area contributed by atoms with Gasteiger partial charge in [-0.05, 0) is 38.8 Å². The zero-order chi connectivity index (χ0) is 17.6. The molecule has 1 atom stereocenters. The van der Waals surface area contributed by atoms with Crippen molar-refractivity contribution in [1.82, 2.24) is 15.4 Å². The Morgan fingerprint density at radius 1 is 1.28 bits per heavy atom. The third-order valence-corrected chi connectivity index (χ3v) is 5.03. The molecule has 0 aliphatic carbocycles. The van der Waals surface area contributed by atoms with Gasteiger partial charge in [0, 0.05) is 24.7 Å². The van der Waals surface area contributed by atoms with Crippen LogP contribution >= 0.6 is 0 Å². The molecule has 2 aromatic rings. The summed E-state index contributed by atoms with van der Waals surface area (Å²) in [5.41, 5.74) is 3.04. The molecular weight excluding hydrogens is 314 g/mol. The van der Waals surface area contributed by atoms with E-state index in [2.05, 4.69) is 39.6 Å². The zero-order valence-electron chi connectivity index (χ0n) is 15.1. The molecule has 25 heavy (non-hydrogen) atoms. The second-order valence-corrected chi connectivity index (χ2v) is 6.89. The average molecular weight is 341 g/mol. The first-order chi connectivity index (χ1) is 12.1. The van der Waals surface area contributed by atoms with Crippen LogP contribution in [0.2, 0.25) is 0 Å². The highest BCUT2D eigenvalue weighted by Crippen LogP contribution is 2.19. The van der Waals surface area contributed by atoms with Crippen LogP contribution in [0.4, 0.5) is 0 Å². The van der Waals surface area contributed by atoms with E-state index < -0.39 is 0 Å². The third-order valence-electron chi connectivity index (χ3n) is 5.03. The number of likely N-dealkylation sites (tertiary alicyclic amines) is 1. The second kappa shape index (κ2) is 8.30. The van der Waals surface area contributed by atoms with E-state index in [9.17, 15) is 4.79 Å². The summed E-state index contributed by atoms with van der Waals surface area (Å²) in [6.45, 7) is 6.48. The molecule has 5 heteroatoms. The van der Waals surface area contributed by atoms with Crippen LogP contribution in [0.1, 0.15) is 41.8 Å². The van der Waals surface area contributed by atoms with Crippen molar-refractivity contribution in [3.05, 3.63) is 52.9 Å². The summed E-state index contributed by atoms with van der Waals surface area (Å²) >= 11 is 0. The molecule has 5 nitrogen and oxygen atoms in total. The summed E-state index contributed by atoms with van der Waals surface area (Å²) in [7, 11) is 0. The van der Waals surface area contributed by atoms with Crippen LogP contribution in [-0.2, 0) is 17.8 Å². The van der Waals surface area contributed by atoms with E-state index in [1.807, 2.05) is 19.9 Å². The fourth-order valence-corrected chi connectivity index (χ4v) is 3.53. The number of hydrogen-bond donors (Lipinski definition) is 1. The maximum atomic E-state index is 12.3. The van der Waals surface area contributed by atoms with Gasteiger partial charge in [0.1, 0.15) is 5.76 Å². The number of carbonyl (C=O) groups excluding carboxylic acids is 1. The van der Waals surface area contributed by atoms with Crippen molar-refractivity contribution in [3.8, 4) is 0 Å². The standard InChI is InChI=1S/C20H27N3O2/c1-15-19(16(2)25-22-15)12-20(24)21-13-18-10-6-7-11-23(18)14-17-8-4-3-5-9-17/h3-5,8-9,18H,6-7,10-14H2,1-2H3,(H,21,24)/t18-/m1/s1. The van der Waals surface area contributed by atoms with E-state index >= 15 is 0 Å². The molecule has 1 fully saturated rings. The van der Waals surface area contributed by atoms with Gasteiger partial charge in [0.15, 0.2) is 0 Å². The van der Waals surface area contributed by atoms with Crippen molar-refractivity contribution in [2.75, 3.05) is 13.1 Å². The largest absolute Gasteiger partial charge is 0.361 e. The van der Waals surface area contributed by atoms with Crippen LogP contribution in [0, 0.1) is 13.8 Å². The molecule has 0 spiro atoms.